The molecule has 0 radical (unpaired) electrons. The van der Waals surface area contributed by atoms with E-state index < -0.39 is 0 Å². The Hall–Kier alpha value is -2.36. The van der Waals surface area contributed by atoms with Gasteiger partial charge in [-0.1, -0.05) is 6.07 Å². The molecule has 20 heavy (non-hydrogen) atoms. The molecule has 104 valence electrons. The van der Waals surface area contributed by atoms with Gasteiger partial charge in [0.2, 0.25) is 0 Å². The van der Waals surface area contributed by atoms with Crippen LogP contribution in [0.15, 0.2) is 42.7 Å². The van der Waals surface area contributed by atoms with Crippen molar-refractivity contribution in [2.24, 2.45) is 0 Å². The maximum atomic E-state index is 11.4. The van der Waals surface area contributed by atoms with Gasteiger partial charge in [-0.2, -0.15) is 0 Å². The largest absolute Gasteiger partial charge is 0.493 e. The summed E-state index contributed by atoms with van der Waals surface area (Å²) in [5, 5.41) is 0. The van der Waals surface area contributed by atoms with Crippen LogP contribution >= 0.6 is 0 Å². The van der Waals surface area contributed by atoms with Crippen LogP contribution in [0.2, 0.25) is 0 Å². The number of ether oxygens (including phenoxy) is 2. The highest BCUT2D eigenvalue weighted by atomic mass is 16.5. The van der Waals surface area contributed by atoms with Crippen LogP contribution < -0.4 is 9.47 Å². The van der Waals surface area contributed by atoms with E-state index in [4.69, 9.17) is 9.47 Å². The predicted octanol–water partition coefficient (Wildman–Crippen LogP) is 3.43. The molecule has 4 heteroatoms. The van der Waals surface area contributed by atoms with E-state index in [-0.39, 0.29) is 11.9 Å². The van der Waals surface area contributed by atoms with Crippen molar-refractivity contribution >= 4 is 5.78 Å². The van der Waals surface area contributed by atoms with Gasteiger partial charge in [0.25, 0.3) is 0 Å². The lowest BCUT2D eigenvalue weighted by atomic mass is 10.1. The normalized spacial score (nSPS) is 11.8. The van der Waals surface area contributed by atoms with Crippen molar-refractivity contribution in [2.75, 3.05) is 7.11 Å². The minimum Gasteiger partial charge on any atom is -0.493 e. The molecule has 0 saturated heterocycles. The van der Waals surface area contributed by atoms with Gasteiger partial charge in [0, 0.05) is 23.5 Å². The zero-order chi connectivity index (χ0) is 14.5. The van der Waals surface area contributed by atoms with Crippen molar-refractivity contribution in [3.05, 3.63) is 53.9 Å². The highest BCUT2D eigenvalue weighted by Gasteiger charge is 2.12. The molecule has 0 aliphatic heterocycles. The third-order valence-electron chi connectivity index (χ3n) is 3.03. The lowest BCUT2D eigenvalue weighted by molar-refractivity contribution is 0.101. The van der Waals surface area contributed by atoms with Gasteiger partial charge < -0.3 is 9.47 Å². The summed E-state index contributed by atoms with van der Waals surface area (Å²) in [6.07, 6.45) is 3.33. The molecule has 2 aromatic rings. The Morgan fingerprint density at radius 1 is 1.25 bits per heavy atom. The zero-order valence-corrected chi connectivity index (χ0v) is 11.8. The average molecular weight is 271 g/mol. The van der Waals surface area contributed by atoms with Gasteiger partial charge in [0.1, 0.15) is 6.10 Å². The van der Waals surface area contributed by atoms with Crippen LogP contribution in [0.25, 0.3) is 0 Å². The predicted molar refractivity (Wildman–Crippen MR) is 76.3 cm³/mol. The van der Waals surface area contributed by atoms with Crippen LogP contribution in [0.4, 0.5) is 0 Å². The summed E-state index contributed by atoms with van der Waals surface area (Å²) in [6.45, 7) is 3.46. The van der Waals surface area contributed by atoms with Crippen LogP contribution in [-0.4, -0.2) is 17.9 Å². The van der Waals surface area contributed by atoms with Crippen molar-refractivity contribution in [3.63, 3.8) is 0 Å². The fourth-order valence-corrected chi connectivity index (χ4v) is 1.86. The Labute approximate surface area is 118 Å². The quantitative estimate of drug-likeness (QED) is 0.782. The molecule has 0 N–H and O–H groups in total. The molecule has 0 spiro atoms. The third-order valence-corrected chi connectivity index (χ3v) is 3.03. The first-order valence-electron chi connectivity index (χ1n) is 6.37. The highest BCUT2D eigenvalue weighted by molar-refractivity contribution is 5.94. The lowest BCUT2D eigenvalue weighted by Crippen LogP contribution is -2.05. The number of ketones is 1. The van der Waals surface area contributed by atoms with E-state index in [0.717, 1.165) is 5.56 Å². The fourth-order valence-electron chi connectivity index (χ4n) is 1.86. The van der Waals surface area contributed by atoms with Crippen LogP contribution in [0.1, 0.15) is 35.9 Å². The Morgan fingerprint density at radius 2 is 2.05 bits per heavy atom. The standard InChI is InChI=1S/C16H17NO3/c1-11(18)13-6-7-15(16(9-13)19-3)20-12(2)14-5-4-8-17-10-14/h4-10,12H,1-3H3. The molecule has 1 atom stereocenters. The van der Waals surface area contributed by atoms with E-state index in [9.17, 15) is 4.79 Å². The number of benzene rings is 1. The Kier molecular flexibility index (Phi) is 4.35. The van der Waals surface area contributed by atoms with Crippen molar-refractivity contribution in [3.8, 4) is 11.5 Å². The molecule has 0 bridgehead atoms. The van der Waals surface area contributed by atoms with Gasteiger partial charge in [-0.05, 0) is 38.1 Å². The summed E-state index contributed by atoms with van der Waals surface area (Å²) in [6, 6.07) is 8.99. The molecular formula is C16H17NO3. The number of nitrogens with zero attached hydrogens (tertiary/aromatic N) is 1. The molecule has 0 amide bonds. The summed E-state index contributed by atoms with van der Waals surface area (Å²) in [5.74, 6) is 1.15. The van der Waals surface area contributed by atoms with E-state index in [1.807, 2.05) is 19.1 Å². The SMILES string of the molecule is COc1cc(C(C)=O)ccc1OC(C)c1cccnc1. The molecule has 0 aliphatic rings. The number of hydrogen-bond donors (Lipinski definition) is 0. The first-order chi connectivity index (χ1) is 9.61. The van der Waals surface area contributed by atoms with Crippen LogP contribution in [0, 0.1) is 0 Å². The smallest absolute Gasteiger partial charge is 0.162 e. The molecular weight excluding hydrogens is 254 g/mol. The van der Waals surface area contributed by atoms with Crippen molar-refractivity contribution in [2.45, 2.75) is 20.0 Å². The molecule has 1 aromatic carbocycles. The number of aromatic nitrogens is 1. The molecule has 4 nitrogen and oxygen atoms in total. The highest BCUT2D eigenvalue weighted by Crippen LogP contribution is 2.32. The van der Waals surface area contributed by atoms with Gasteiger partial charge in [-0.3, -0.25) is 9.78 Å². The summed E-state index contributed by atoms with van der Waals surface area (Å²) in [5.41, 5.74) is 1.58. The van der Waals surface area contributed by atoms with Gasteiger partial charge in [0.05, 0.1) is 7.11 Å². The number of rotatable bonds is 5. The molecule has 0 aliphatic carbocycles. The van der Waals surface area contributed by atoms with Gasteiger partial charge in [0.15, 0.2) is 17.3 Å². The maximum Gasteiger partial charge on any atom is 0.162 e. The molecule has 1 unspecified atom stereocenters. The average Bonchev–Trinajstić information content (AvgIpc) is 2.48. The minimum atomic E-state index is -0.152. The van der Waals surface area contributed by atoms with Crippen molar-refractivity contribution < 1.29 is 14.3 Å². The van der Waals surface area contributed by atoms with E-state index >= 15 is 0 Å². The first-order valence-corrected chi connectivity index (χ1v) is 6.37. The Morgan fingerprint density at radius 3 is 2.65 bits per heavy atom. The number of carbonyl (C=O) groups excluding carboxylic acids is 1. The molecule has 2 rings (SSSR count). The number of pyridine rings is 1. The lowest BCUT2D eigenvalue weighted by Gasteiger charge is -2.17. The molecule has 0 fully saturated rings. The first kappa shape index (κ1) is 14.1. The third kappa shape index (κ3) is 3.15. The van der Waals surface area contributed by atoms with E-state index in [1.165, 1.54) is 6.92 Å². The van der Waals surface area contributed by atoms with Gasteiger partial charge in [-0.25, -0.2) is 0 Å². The number of carbonyl (C=O) groups is 1. The number of methoxy groups -OCH3 is 1. The second-order valence-electron chi connectivity index (χ2n) is 4.47. The molecule has 0 saturated carbocycles. The van der Waals surface area contributed by atoms with Crippen molar-refractivity contribution in [1.29, 1.82) is 0 Å². The molecule has 1 aromatic heterocycles. The van der Waals surface area contributed by atoms with Gasteiger partial charge in [-0.15, -0.1) is 0 Å². The zero-order valence-electron chi connectivity index (χ0n) is 11.8. The summed E-state index contributed by atoms with van der Waals surface area (Å²) in [4.78, 5) is 15.4. The second kappa shape index (κ2) is 6.19. The summed E-state index contributed by atoms with van der Waals surface area (Å²) >= 11 is 0. The van der Waals surface area contributed by atoms with Gasteiger partial charge >= 0.3 is 0 Å². The second-order valence-corrected chi connectivity index (χ2v) is 4.47. The number of hydrogen-bond acceptors (Lipinski definition) is 4. The van der Waals surface area contributed by atoms with E-state index in [1.54, 1.807) is 37.7 Å². The van der Waals surface area contributed by atoms with E-state index in [2.05, 4.69) is 4.98 Å². The fraction of sp³-hybridized carbons (Fsp3) is 0.250. The molecule has 1 heterocycles. The maximum absolute atomic E-state index is 11.4. The Balaban J connectivity index is 2.23. The minimum absolute atomic E-state index is 0.00448. The van der Waals surface area contributed by atoms with Crippen LogP contribution in [0.5, 0.6) is 11.5 Å². The monoisotopic (exact) mass is 271 g/mol. The number of Topliss-reactive ketones (excluding diaryl/α,β-unsaturated/α-hetero) is 1. The summed E-state index contributed by atoms with van der Waals surface area (Å²) in [7, 11) is 1.56. The van der Waals surface area contributed by atoms with Crippen LogP contribution in [0.3, 0.4) is 0 Å². The summed E-state index contributed by atoms with van der Waals surface area (Å²) < 4.78 is 11.2. The van der Waals surface area contributed by atoms with Crippen molar-refractivity contribution in [1.82, 2.24) is 4.98 Å². The van der Waals surface area contributed by atoms with Crippen LogP contribution in [-0.2, 0) is 0 Å². The Bertz CT molecular complexity index is 596. The topological polar surface area (TPSA) is 48.4 Å². The van der Waals surface area contributed by atoms with E-state index in [0.29, 0.717) is 17.1 Å².